The molecule has 3 aliphatic carbocycles. The fourth-order valence-electron chi connectivity index (χ4n) is 7.27. The second kappa shape index (κ2) is 11.2. The number of ether oxygens (including phenoxy) is 1. The second-order valence-corrected chi connectivity index (χ2v) is 11.2. The fraction of sp³-hybridized carbons (Fsp3) is 0.793. The number of halogens is 1. The van der Waals surface area contributed by atoms with Crippen LogP contribution in [0.25, 0.3) is 0 Å². The summed E-state index contributed by atoms with van der Waals surface area (Å²) in [6.45, 7) is 2.32. The van der Waals surface area contributed by atoms with E-state index >= 15 is 0 Å². The van der Waals surface area contributed by atoms with Crippen molar-refractivity contribution in [2.45, 2.75) is 109 Å². The second-order valence-electron chi connectivity index (χ2n) is 11.2. The minimum Gasteiger partial charge on any atom is -0.497 e. The van der Waals surface area contributed by atoms with Crippen LogP contribution in [0.5, 0.6) is 5.75 Å². The molecule has 4 rings (SSSR count). The maximum absolute atomic E-state index is 14.6. The van der Waals surface area contributed by atoms with Crippen LogP contribution >= 0.6 is 0 Å². The molecule has 0 aromatic heterocycles. The predicted molar refractivity (Wildman–Crippen MR) is 128 cm³/mol. The van der Waals surface area contributed by atoms with Crippen molar-refractivity contribution in [1.82, 2.24) is 0 Å². The Balaban J connectivity index is 1.20. The molecule has 0 saturated heterocycles. The number of methoxy groups -OCH3 is 1. The van der Waals surface area contributed by atoms with E-state index < -0.39 is 0 Å². The Kier molecular flexibility index (Phi) is 8.35. The number of fused-ring (bicyclic) bond motifs is 1. The van der Waals surface area contributed by atoms with Crippen LogP contribution in [0, 0.1) is 35.4 Å². The summed E-state index contributed by atoms with van der Waals surface area (Å²) in [6.07, 6.45) is 21.2. The van der Waals surface area contributed by atoms with E-state index in [9.17, 15) is 4.39 Å². The molecule has 0 amide bonds. The first kappa shape index (κ1) is 23.1. The molecule has 1 aromatic carbocycles. The van der Waals surface area contributed by atoms with Crippen LogP contribution in [0.3, 0.4) is 0 Å². The number of hydrogen-bond acceptors (Lipinski definition) is 1. The summed E-state index contributed by atoms with van der Waals surface area (Å²) < 4.78 is 19.8. The molecule has 2 heteroatoms. The van der Waals surface area contributed by atoms with Gasteiger partial charge < -0.3 is 4.74 Å². The van der Waals surface area contributed by atoms with E-state index in [4.69, 9.17) is 4.74 Å². The monoisotopic (exact) mass is 428 g/mol. The Morgan fingerprint density at radius 1 is 0.806 bits per heavy atom. The summed E-state index contributed by atoms with van der Waals surface area (Å²) in [5.41, 5.74) is 0.927. The third-order valence-electron chi connectivity index (χ3n) is 9.28. The largest absolute Gasteiger partial charge is 0.497 e. The molecular formula is C29H45FO. The smallest absolute Gasteiger partial charge is 0.130 e. The molecule has 0 spiro atoms. The van der Waals surface area contributed by atoms with Crippen LogP contribution in [0.4, 0.5) is 4.39 Å². The molecule has 4 unspecified atom stereocenters. The summed E-state index contributed by atoms with van der Waals surface area (Å²) in [5.74, 6) is 5.72. The lowest BCUT2D eigenvalue weighted by Gasteiger charge is -2.43. The lowest BCUT2D eigenvalue weighted by Crippen LogP contribution is -2.31. The molecule has 3 saturated carbocycles. The zero-order valence-electron chi connectivity index (χ0n) is 20.1. The van der Waals surface area contributed by atoms with Gasteiger partial charge in [-0.3, -0.25) is 0 Å². The quantitative estimate of drug-likeness (QED) is 0.401. The van der Waals surface area contributed by atoms with E-state index in [0.717, 1.165) is 35.2 Å². The van der Waals surface area contributed by atoms with Crippen LogP contribution in [-0.4, -0.2) is 7.11 Å². The molecular weight excluding hydrogens is 383 g/mol. The number of rotatable bonds is 8. The van der Waals surface area contributed by atoms with Gasteiger partial charge in [-0.15, -0.1) is 0 Å². The lowest BCUT2D eigenvalue weighted by atomic mass is 9.63. The molecule has 0 N–H and O–H groups in total. The normalized spacial score (nSPS) is 33.6. The van der Waals surface area contributed by atoms with Crippen LogP contribution in [0.2, 0.25) is 0 Å². The average molecular weight is 429 g/mol. The van der Waals surface area contributed by atoms with Crippen molar-refractivity contribution < 1.29 is 9.13 Å². The Morgan fingerprint density at radius 3 is 2.16 bits per heavy atom. The highest BCUT2D eigenvalue weighted by Crippen LogP contribution is 2.49. The van der Waals surface area contributed by atoms with Crippen molar-refractivity contribution in [2.24, 2.45) is 29.6 Å². The van der Waals surface area contributed by atoms with Gasteiger partial charge in [-0.05, 0) is 79.2 Å². The van der Waals surface area contributed by atoms with Gasteiger partial charge >= 0.3 is 0 Å². The van der Waals surface area contributed by atoms with E-state index in [2.05, 4.69) is 6.92 Å². The maximum atomic E-state index is 14.6. The van der Waals surface area contributed by atoms with Crippen molar-refractivity contribution in [3.05, 3.63) is 29.6 Å². The van der Waals surface area contributed by atoms with Gasteiger partial charge in [0, 0.05) is 6.07 Å². The van der Waals surface area contributed by atoms with Gasteiger partial charge in [0.15, 0.2) is 0 Å². The highest BCUT2D eigenvalue weighted by atomic mass is 19.1. The number of benzene rings is 1. The minimum atomic E-state index is -0.0686. The van der Waals surface area contributed by atoms with Crippen molar-refractivity contribution >= 4 is 0 Å². The first-order valence-corrected chi connectivity index (χ1v) is 13.5. The topological polar surface area (TPSA) is 9.23 Å². The Labute approximate surface area is 190 Å². The highest BCUT2D eigenvalue weighted by molar-refractivity contribution is 5.31. The first-order valence-electron chi connectivity index (χ1n) is 13.5. The van der Waals surface area contributed by atoms with Gasteiger partial charge in [0.05, 0.1) is 7.11 Å². The Hall–Kier alpha value is -1.05. The van der Waals surface area contributed by atoms with Gasteiger partial charge in [-0.1, -0.05) is 77.2 Å². The van der Waals surface area contributed by atoms with Gasteiger partial charge in [0.2, 0.25) is 0 Å². The molecule has 1 aromatic rings. The summed E-state index contributed by atoms with van der Waals surface area (Å²) >= 11 is 0. The van der Waals surface area contributed by atoms with Gasteiger partial charge in [-0.2, -0.15) is 0 Å². The van der Waals surface area contributed by atoms with Gasteiger partial charge in [-0.25, -0.2) is 4.39 Å². The molecule has 0 bridgehead atoms. The summed E-state index contributed by atoms with van der Waals surface area (Å²) in [6, 6.07) is 5.47. The molecule has 1 nitrogen and oxygen atoms in total. The third-order valence-corrected chi connectivity index (χ3v) is 9.28. The summed E-state index contributed by atoms with van der Waals surface area (Å²) in [7, 11) is 1.61. The standard InChI is InChI=1S/C29H45FO/c1-3-4-5-21-6-8-22(9-7-21)10-11-23-12-13-25-19-26(15-14-24(25)18-23)28-17-16-27(31-2)20-29(28)30/h16-17,20-26H,3-15,18-19H2,1-2H3. The van der Waals surface area contributed by atoms with Crippen LogP contribution in [-0.2, 0) is 0 Å². The third kappa shape index (κ3) is 6.05. The maximum Gasteiger partial charge on any atom is 0.130 e. The molecule has 31 heavy (non-hydrogen) atoms. The van der Waals surface area contributed by atoms with E-state index in [1.54, 1.807) is 13.2 Å². The molecule has 0 radical (unpaired) electrons. The molecule has 0 heterocycles. The van der Waals surface area contributed by atoms with Crippen LogP contribution < -0.4 is 4.74 Å². The zero-order valence-corrected chi connectivity index (χ0v) is 20.1. The van der Waals surface area contributed by atoms with Gasteiger partial charge in [0.1, 0.15) is 11.6 Å². The Bertz CT molecular complexity index is 677. The predicted octanol–water partition coefficient (Wildman–Crippen LogP) is 8.91. The molecule has 174 valence electrons. The van der Waals surface area contributed by atoms with E-state index in [-0.39, 0.29) is 5.82 Å². The van der Waals surface area contributed by atoms with Crippen molar-refractivity contribution in [3.63, 3.8) is 0 Å². The van der Waals surface area contributed by atoms with Gasteiger partial charge in [0.25, 0.3) is 0 Å². The summed E-state index contributed by atoms with van der Waals surface area (Å²) in [5, 5.41) is 0. The van der Waals surface area contributed by atoms with Crippen molar-refractivity contribution in [1.29, 1.82) is 0 Å². The van der Waals surface area contributed by atoms with Crippen LogP contribution in [0.1, 0.15) is 115 Å². The summed E-state index contributed by atoms with van der Waals surface area (Å²) in [4.78, 5) is 0. The van der Waals surface area contributed by atoms with Crippen molar-refractivity contribution in [3.8, 4) is 5.75 Å². The van der Waals surface area contributed by atoms with Crippen molar-refractivity contribution in [2.75, 3.05) is 7.11 Å². The van der Waals surface area contributed by atoms with E-state index in [0.29, 0.717) is 11.7 Å². The molecule has 3 aliphatic rings. The minimum absolute atomic E-state index is 0.0686. The average Bonchev–Trinajstić information content (AvgIpc) is 2.81. The molecule has 3 fully saturated rings. The molecule has 4 atom stereocenters. The first-order chi connectivity index (χ1) is 15.2. The molecule has 0 aliphatic heterocycles. The highest BCUT2D eigenvalue weighted by Gasteiger charge is 2.36. The SMILES string of the molecule is CCCCC1CCC(CCC2CCC3CC(c4ccc(OC)cc4F)CCC3C2)CC1. The van der Waals surface area contributed by atoms with Crippen LogP contribution in [0.15, 0.2) is 18.2 Å². The lowest BCUT2D eigenvalue weighted by molar-refractivity contribution is 0.108. The van der Waals surface area contributed by atoms with E-state index in [1.165, 1.54) is 96.3 Å². The Morgan fingerprint density at radius 2 is 1.45 bits per heavy atom. The van der Waals surface area contributed by atoms with E-state index in [1.807, 2.05) is 12.1 Å². The number of hydrogen-bond donors (Lipinski definition) is 0. The number of unbranched alkanes of at least 4 members (excludes halogenated alkanes) is 1. The fourth-order valence-corrected chi connectivity index (χ4v) is 7.27. The zero-order chi connectivity index (χ0) is 21.6.